The summed E-state index contributed by atoms with van der Waals surface area (Å²) >= 11 is 1.88. The number of anilines is 1. The molecule has 1 amide bonds. The lowest BCUT2D eigenvalue weighted by atomic mass is 10.1. The number of amides is 1. The first-order valence-corrected chi connectivity index (χ1v) is 10.8. The molecule has 0 fully saturated rings. The van der Waals surface area contributed by atoms with Crippen molar-refractivity contribution in [3.05, 3.63) is 29.8 Å². The molecule has 0 aliphatic carbocycles. The van der Waals surface area contributed by atoms with Crippen molar-refractivity contribution in [1.29, 1.82) is 0 Å². The van der Waals surface area contributed by atoms with Gasteiger partial charge in [-0.15, -0.1) is 24.0 Å². The van der Waals surface area contributed by atoms with Gasteiger partial charge in [-0.3, -0.25) is 10.3 Å². The Labute approximate surface area is 191 Å². The van der Waals surface area contributed by atoms with E-state index in [0.717, 1.165) is 37.6 Å². The number of nitrogens with zero attached hydrogens (tertiary/aromatic N) is 1. The fourth-order valence-electron chi connectivity index (χ4n) is 2.30. The molecule has 1 rings (SSSR count). The van der Waals surface area contributed by atoms with Crippen LogP contribution in [-0.4, -0.2) is 49.8 Å². The number of carbonyl (C=O) groups excluding carboxylic acids is 1. The number of halogens is 1. The van der Waals surface area contributed by atoms with Gasteiger partial charge < -0.3 is 15.4 Å². The molecule has 0 bridgehead atoms. The van der Waals surface area contributed by atoms with Crippen molar-refractivity contribution in [2.45, 2.75) is 45.6 Å². The SMILES string of the molecule is CN=C(NCCCCSC)NCCc1ccc(NC(=O)OC(C)(C)C)cc1.I. The van der Waals surface area contributed by atoms with E-state index in [2.05, 4.69) is 27.2 Å². The lowest BCUT2D eigenvalue weighted by Gasteiger charge is -2.19. The predicted molar refractivity (Wildman–Crippen MR) is 132 cm³/mol. The van der Waals surface area contributed by atoms with Gasteiger partial charge >= 0.3 is 6.09 Å². The van der Waals surface area contributed by atoms with Crippen LogP contribution in [0.5, 0.6) is 0 Å². The van der Waals surface area contributed by atoms with E-state index in [-0.39, 0.29) is 24.0 Å². The number of benzene rings is 1. The molecule has 0 saturated carbocycles. The van der Waals surface area contributed by atoms with Gasteiger partial charge in [-0.05, 0) is 69.7 Å². The molecule has 1 aromatic rings. The number of guanidine groups is 1. The van der Waals surface area contributed by atoms with E-state index in [1.165, 1.54) is 17.7 Å². The van der Waals surface area contributed by atoms with E-state index < -0.39 is 11.7 Å². The molecule has 8 heteroatoms. The summed E-state index contributed by atoms with van der Waals surface area (Å²) in [5.41, 5.74) is 1.41. The maximum atomic E-state index is 11.8. The van der Waals surface area contributed by atoms with Gasteiger partial charge in [-0.2, -0.15) is 11.8 Å². The summed E-state index contributed by atoms with van der Waals surface area (Å²) in [6, 6.07) is 7.79. The van der Waals surface area contributed by atoms with Crippen molar-refractivity contribution in [2.24, 2.45) is 4.99 Å². The lowest BCUT2D eigenvalue weighted by Crippen LogP contribution is -2.38. The van der Waals surface area contributed by atoms with Crippen LogP contribution in [0.3, 0.4) is 0 Å². The van der Waals surface area contributed by atoms with E-state index in [9.17, 15) is 4.79 Å². The highest BCUT2D eigenvalue weighted by Crippen LogP contribution is 2.13. The zero-order valence-corrected chi connectivity index (χ0v) is 20.8. The molecule has 1 aromatic carbocycles. The van der Waals surface area contributed by atoms with Crippen LogP contribution in [0.2, 0.25) is 0 Å². The first-order valence-electron chi connectivity index (χ1n) is 9.36. The second kappa shape index (κ2) is 14.8. The Morgan fingerprint density at radius 1 is 1.11 bits per heavy atom. The van der Waals surface area contributed by atoms with Crippen LogP contribution in [0.4, 0.5) is 10.5 Å². The van der Waals surface area contributed by atoms with Gasteiger partial charge in [0.05, 0.1) is 0 Å². The summed E-state index contributed by atoms with van der Waals surface area (Å²) in [5.74, 6) is 2.04. The Bertz CT molecular complexity index is 589. The highest BCUT2D eigenvalue weighted by Gasteiger charge is 2.16. The normalized spacial score (nSPS) is 11.4. The van der Waals surface area contributed by atoms with Crippen LogP contribution in [-0.2, 0) is 11.2 Å². The van der Waals surface area contributed by atoms with Crippen LogP contribution in [0.15, 0.2) is 29.3 Å². The maximum absolute atomic E-state index is 11.8. The van der Waals surface area contributed by atoms with E-state index in [4.69, 9.17) is 4.74 Å². The molecule has 0 unspecified atom stereocenters. The Kier molecular flexibility index (Phi) is 14.2. The molecule has 0 aliphatic rings. The summed E-state index contributed by atoms with van der Waals surface area (Å²) in [7, 11) is 1.79. The van der Waals surface area contributed by atoms with Crippen LogP contribution in [0, 0.1) is 0 Å². The zero-order chi connectivity index (χ0) is 20.1. The number of carbonyl (C=O) groups is 1. The van der Waals surface area contributed by atoms with Crippen LogP contribution >= 0.6 is 35.7 Å². The van der Waals surface area contributed by atoms with E-state index >= 15 is 0 Å². The van der Waals surface area contributed by atoms with Crippen LogP contribution < -0.4 is 16.0 Å². The molecule has 28 heavy (non-hydrogen) atoms. The van der Waals surface area contributed by atoms with E-state index in [0.29, 0.717) is 0 Å². The van der Waals surface area contributed by atoms with Crippen LogP contribution in [0.25, 0.3) is 0 Å². The Hall–Kier alpha value is -1.16. The third-order valence-electron chi connectivity index (χ3n) is 3.60. The molecule has 6 nitrogen and oxygen atoms in total. The molecule has 0 atom stereocenters. The van der Waals surface area contributed by atoms with Gasteiger partial charge in [0.1, 0.15) is 5.60 Å². The maximum Gasteiger partial charge on any atom is 0.412 e. The van der Waals surface area contributed by atoms with Gasteiger partial charge in [0, 0.05) is 25.8 Å². The van der Waals surface area contributed by atoms with Crippen molar-refractivity contribution >= 4 is 53.5 Å². The number of hydrogen-bond donors (Lipinski definition) is 3. The number of nitrogens with one attached hydrogen (secondary N) is 3. The predicted octanol–water partition coefficient (Wildman–Crippen LogP) is 4.50. The summed E-state index contributed by atoms with van der Waals surface area (Å²) in [5, 5.41) is 9.40. The summed E-state index contributed by atoms with van der Waals surface area (Å²) in [6.07, 6.45) is 4.93. The third kappa shape index (κ3) is 13.1. The van der Waals surface area contributed by atoms with Crippen molar-refractivity contribution in [2.75, 3.05) is 37.5 Å². The van der Waals surface area contributed by atoms with Gasteiger partial charge in [0.2, 0.25) is 0 Å². The molecule has 0 heterocycles. The van der Waals surface area contributed by atoms with Gasteiger partial charge in [-0.25, -0.2) is 4.79 Å². The van der Waals surface area contributed by atoms with Crippen molar-refractivity contribution in [1.82, 2.24) is 10.6 Å². The quantitative estimate of drug-likeness (QED) is 0.193. The van der Waals surface area contributed by atoms with Gasteiger partial charge in [0.25, 0.3) is 0 Å². The zero-order valence-electron chi connectivity index (χ0n) is 17.6. The average Bonchev–Trinajstić information content (AvgIpc) is 2.59. The smallest absolute Gasteiger partial charge is 0.412 e. The monoisotopic (exact) mass is 522 g/mol. The number of unbranched alkanes of at least 4 members (excludes halogenated alkanes) is 1. The number of aliphatic imine (C=N–C) groups is 1. The highest BCUT2D eigenvalue weighted by molar-refractivity contribution is 14.0. The standard InChI is InChI=1S/C20H34N4O2S.HI/c1-20(2,3)26-19(25)24-17-10-8-16(9-11-17)12-14-23-18(21-4)22-13-6-7-15-27-5;/h8-11H,6-7,12-15H2,1-5H3,(H,24,25)(H2,21,22,23);1H. The summed E-state index contributed by atoms with van der Waals surface area (Å²) in [6.45, 7) is 7.26. The number of hydrogen-bond acceptors (Lipinski definition) is 4. The minimum absolute atomic E-state index is 0. The lowest BCUT2D eigenvalue weighted by molar-refractivity contribution is 0.0636. The number of rotatable bonds is 9. The number of thioether (sulfide) groups is 1. The van der Waals surface area contributed by atoms with E-state index in [1.54, 1.807) is 7.05 Å². The summed E-state index contributed by atoms with van der Waals surface area (Å²) < 4.78 is 5.25. The molecule has 0 radical (unpaired) electrons. The largest absolute Gasteiger partial charge is 0.444 e. The first-order chi connectivity index (χ1) is 12.8. The molecular formula is C20H35IN4O2S. The molecule has 0 aromatic heterocycles. The Morgan fingerprint density at radius 2 is 1.75 bits per heavy atom. The molecule has 0 spiro atoms. The van der Waals surface area contributed by atoms with Gasteiger partial charge in [-0.1, -0.05) is 12.1 Å². The minimum atomic E-state index is -0.503. The second-order valence-electron chi connectivity index (χ2n) is 7.20. The fourth-order valence-corrected chi connectivity index (χ4v) is 2.79. The molecule has 0 saturated heterocycles. The Balaban J connectivity index is 0.00000729. The fraction of sp³-hybridized carbons (Fsp3) is 0.600. The molecular weight excluding hydrogens is 487 g/mol. The summed E-state index contributed by atoms with van der Waals surface area (Å²) in [4.78, 5) is 16.0. The second-order valence-corrected chi connectivity index (χ2v) is 8.19. The van der Waals surface area contributed by atoms with Crippen molar-refractivity contribution < 1.29 is 9.53 Å². The molecule has 0 aliphatic heterocycles. The molecule has 3 N–H and O–H groups in total. The van der Waals surface area contributed by atoms with Crippen molar-refractivity contribution in [3.8, 4) is 0 Å². The first kappa shape index (κ1) is 26.8. The van der Waals surface area contributed by atoms with Gasteiger partial charge in [0.15, 0.2) is 5.96 Å². The van der Waals surface area contributed by atoms with E-state index in [1.807, 2.05) is 56.8 Å². The van der Waals surface area contributed by atoms with Crippen LogP contribution in [0.1, 0.15) is 39.2 Å². The Morgan fingerprint density at radius 3 is 2.32 bits per heavy atom. The minimum Gasteiger partial charge on any atom is -0.444 e. The number of ether oxygens (including phenoxy) is 1. The third-order valence-corrected chi connectivity index (χ3v) is 4.29. The van der Waals surface area contributed by atoms with Crippen molar-refractivity contribution in [3.63, 3.8) is 0 Å². The highest BCUT2D eigenvalue weighted by atomic mass is 127. The molecule has 160 valence electrons. The average molecular weight is 522 g/mol. The topological polar surface area (TPSA) is 74.8 Å².